The molecule has 4 heteroatoms. The molecule has 0 radical (unpaired) electrons. The van der Waals surface area contributed by atoms with Crippen LogP contribution in [0.1, 0.15) is 22.3 Å². The number of hydrogen-bond donors (Lipinski definition) is 1. The predicted octanol–water partition coefficient (Wildman–Crippen LogP) is 4.69. The highest BCUT2D eigenvalue weighted by atomic mass is 32.1. The first kappa shape index (κ1) is 11.4. The molecule has 3 aromatic rings. The zero-order valence-electron chi connectivity index (χ0n) is 9.13. The minimum atomic E-state index is -0.318. The summed E-state index contributed by atoms with van der Waals surface area (Å²) in [4.78, 5) is 2.45. The molecule has 1 unspecified atom stereocenters. The van der Waals surface area contributed by atoms with E-state index < -0.39 is 0 Å². The van der Waals surface area contributed by atoms with Gasteiger partial charge in [0, 0.05) is 19.2 Å². The Bertz CT molecular complexity index is 563. The Morgan fingerprint density at radius 1 is 1.12 bits per heavy atom. The molecule has 0 aliphatic heterocycles. The Kier molecular flexibility index (Phi) is 3.29. The van der Waals surface area contributed by atoms with Crippen molar-refractivity contribution in [1.29, 1.82) is 0 Å². The van der Waals surface area contributed by atoms with Gasteiger partial charge in [-0.2, -0.15) is 0 Å². The van der Waals surface area contributed by atoms with Gasteiger partial charge in [-0.25, -0.2) is 0 Å². The predicted molar refractivity (Wildman–Crippen MR) is 77.3 cm³/mol. The summed E-state index contributed by atoms with van der Waals surface area (Å²) in [5, 5.41) is 14.3. The molecule has 0 aliphatic rings. The van der Waals surface area contributed by atoms with E-state index in [-0.39, 0.29) is 6.10 Å². The second-order valence-corrected chi connectivity index (χ2v) is 7.03. The fourth-order valence-corrected chi connectivity index (χ4v) is 4.69. The molecule has 17 heavy (non-hydrogen) atoms. The van der Waals surface area contributed by atoms with Crippen LogP contribution in [0, 0.1) is 0 Å². The third-order valence-electron chi connectivity index (χ3n) is 2.73. The summed E-state index contributed by atoms with van der Waals surface area (Å²) in [7, 11) is 0. The summed E-state index contributed by atoms with van der Waals surface area (Å²) in [6.45, 7) is 0. The molecule has 1 atom stereocenters. The van der Waals surface area contributed by atoms with Crippen LogP contribution in [0.25, 0.3) is 9.40 Å². The van der Waals surface area contributed by atoms with Crippen LogP contribution in [0.4, 0.5) is 0 Å². The molecule has 0 amide bonds. The molecule has 1 N–H and O–H groups in total. The van der Waals surface area contributed by atoms with Gasteiger partial charge in [0.2, 0.25) is 0 Å². The molecular formula is C13H12OS3. The zero-order valence-corrected chi connectivity index (χ0v) is 11.6. The molecule has 88 valence electrons. The first-order valence-electron chi connectivity index (χ1n) is 5.50. The third-order valence-corrected chi connectivity index (χ3v) is 5.86. The van der Waals surface area contributed by atoms with Crippen molar-refractivity contribution in [3.05, 3.63) is 44.8 Å². The van der Waals surface area contributed by atoms with Gasteiger partial charge in [0.15, 0.2) is 0 Å². The minimum absolute atomic E-state index is 0.318. The highest BCUT2D eigenvalue weighted by Gasteiger charge is 2.12. The van der Waals surface area contributed by atoms with Gasteiger partial charge in [-0.3, -0.25) is 0 Å². The summed E-state index contributed by atoms with van der Waals surface area (Å²) in [6.07, 6.45) is 1.46. The lowest BCUT2D eigenvalue weighted by atomic mass is 10.1. The van der Waals surface area contributed by atoms with Crippen molar-refractivity contribution in [3.8, 4) is 0 Å². The van der Waals surface area contributed by atoms with E-state index in [2.05, 4.69) is 35.0 Å². The normalized spacial score (nSPS) is 13.2. The number of hydrogen-bond acceptors (Lipinski definition) is 4. The second kappa shape index (κ2) is 4.90. The third kappa shape index (κ3) is 2.45. The topological polar surface area (TPSA) is 20.2 Å². The summed E-state index contributed by atoms with van der Waals surface area (Å²) in [6, 6.07) is 8.45. The van der Waals surface area contributed by atoms with Crippen LogP contribution < -0.4 is 0 Å². The molecule has 0 bridgehead atoms. The van der Waals surface area contributed by atoms with E-state index in [4.69, 9.17) is 0 Å². The van der Waals surface area contributed by atoms with Crippen molar-refractivity contribution in [1.82, 2.24) is 0 Å². The molecule has 3 heterocycles. The number of aliphatic hydroxyl groups excluding tert-OH is 1. The molecule has 0 aliphatic carbocycles. The molecule has 0 saturated carbocycles. The van der Waals surface area contributed by atoms with Gasteiger partial charge in [0.05, 0.1) is 6.10 Å². The maximum atomic E-state index is 10.2. The molecule has 0 spiro atoms. The number of thiophene rings is 3. The van der Waals surface area contributed by atoms with Crippen LogP contribution in [-0.2, 0) is 6.42 Å². The average Bonchev–Trinajstić information content (AvgIpc) is 3.01. The first-order chi connectivity index (χ1) is 8.33. The summed E-state index contributed by atoms with van der Waals surface area (Å²) in [5.74, 6) is 0. The lowest BCUT2D eigenvalue weighted by molar-refractivity contribution is 0.172. The molecule has 0 saturated heterocycles. The quantitative estimate of drug-likeness (QED) is 0.735. The maximum Gasteiger partial charge on any atom is 0.0886 e. The summed E-state index contributed by atoms with van der Waals surface area (Å²) in [5.41, 5.74) is 0. The van der Waals surface area contributed by atoms with E-state index in [0.29, 0.717) is 0 Å². The fourth-order valence-electron chi connectivity index (χ4n) is 1.82. The van der Waals surface area contributed by atoms with E-state index >= 15 is 0 Å². The Morgan fingerprint density at radius 2 is 2.06 bits per heavy atom. The van der Waals surface area contributed by atoms with Crippen molar-refractivity contribution >= 4 is 43.4 Å². The number of aliphatic hydroxyl groups is 1. The van der Waals surface area contributed by atoms with Crippen molar-refractivity contribution in [3.63, 3.8) is 0 Å². The zero-order chi connectivity index (χ0) is 11.7. The Morgan fingerprint density at radius 3 is 2.82 bits per heavy atom. The maximum absolute atomic E-state index is 10.2. The Hall–Kier alpha value is -0.680. The van der Waals surface area contributed by atoms with Gasteiger partial charge in [-0.05, 0) is 41.8 Å². The van der Waals surface area contributed by atoms with E-state index in [1.807, 2.05) is 0 Å². The van der Waals surface area contributed by atoms with Crippen molar-refractivity contribution < 1.29 is 5.11 Å². The van der Waals surface area contributed by atoms with Crippen LogP contribution in [-0.4, -0.2) is 5.11 Å². The number of aryl methyl sites for hydroxylation is 1. The van der Waals surface area contributed by atoms with Crippen LogP contribution in [0.5, 0.6) is 0 Å². The highest BCUT2D eigenvalue weighted by Crippen LogP contribution is 2.34. The van der Waals surface area contributed by atoms with Crippen LogP contribution in [0.2, 0.25) is 0 Å². The van der Waals surface area contributed by atoms with E-state index in [1.54, 1.807) is 34.0 Å². The average molecular weight is 280 g/mol. The van der Waals surface area contributed by atoms with Gasteiger partial charge in [0.25, 0.3) is 0 Å². The molecule has 1 nitrogen and oxygen atoms in total. The Labute approximate surface area is 112 Å². The first-order valence-corrected chi connectivity index (χ1v) is 8.08. The van der Waals surface area contributed by atoms with Gasteiger partial charge in [-0.15, -0.1) is 34.0 Å². The number of fused-ring (bicyclic) bond motifs is 1. The summed E-state index contributed by atoms with van der Waals surface area (Å²) >= 11 is 5.22. The monoisotopic (exact) mass is 280 g/mol. The molecule has 3 aromatic heterocycles. The lowest BCUT2D eigenvalue weighted by Crippen LogP contribution is -1.95. The molecule has 0 fully saturated rings. The number of rotatable bonds is 4. The minimum Gasteiger partial charge on any atom is -0.388 e. The Balaban J connectivity index is 1.69. The molecule has 3 rings (SSSR count). The SMILES string of the molecule is OC(CCc1cccs1)c1cc2sccc2s1. The van der Waals surface area contributed by atoms with Crippen LogP contribution in [0.15, 0.2) is 35.0 Å². The van der Waals surface area contributed by atoms with Gasteiger partial charge in [-0.1, -0.05) is 6.07 Å². The van der Waals surface area contributed by atoms with Crippen LogP contribution >= 0.6 is 34.0 Å². The molecular weight excluding hydrogens is 268 g/mol. The standard InChI is InChI=1S/C13H12OS3/c14-10(4-3-9-2-1-6-15-9)12-8-13-11(17-12)5-7-16-13/h1-2,5-8,10,14H,3-4H2. The van der Waals surface area contributed by atoms with E-state index in [9.17, 15) is 5.11 Å². The summed E-state index contributed by atoms with van der Waals surface area (Å²) < 4.78 is 2.58. The van der Waals surface area contributed by atoms with E-state index in [0.717, 1.165) is 17.7 Å². The van der Waals surface area contributed by atoms with Crippen molar-refractivity contribution in [2.75, 3.05) is 0 Å². The largest absolute Gasteiger partial charge is 0.388 e. The van der Waals surface area contributed by atoms with Gasteiger partial charge < -0.3 is 5.11 Å². The van der Waals surface area contributed by atoms with Crippen molar-refractivity contribution in [2.24, 2.45) is 0 Å². The van der Waals surface area contributed by atoms with Crippen molar-refractivity contribution in [2.45, 2.75) is 18.9 Å². The highest BCUT2D eigenvalue weighted by molar-refractivity contribution is 7.26. The smallest absolute Gasteiger partial charge is 0.0886 e. The second-order valence-electron chi connectivity index (χ2n) is 3.93. The lowest BCUT2D eigenvalue weighted by Gasteiger charge is -2.06. The van der Waals surface area contributed by atoms with Gasteiger partial charge in [0.1, 0.15) is 0 Å². The van der Waals surface area contributed by atoms with Crippen LogP contribution in [0.3, 0.4) is 0 Å². The van der Waals surface area contributed by atoms with Gasteiger partial charge >= 0.3 is 0 Å². The van der Waals surface area contributed by atoms with E-state index in [1.165, 1.54) is 14.3 Å². The molecule has 0 aromatic carbocycles. The fraction of sp³-hybridized carbons (Fsp3) is 0.231.